The van der Waals surface area contributed by atoms with E-state index < -0.39 is 23.4 Å². The molecule has 30 heavy (non-hydrogen) atoms. The molecule has 1 saturated heterocycles. The number of hydrogen-bond acceptors (Lipinski definition) is 7. The largest absolute Gasteiger partial charge is 0.496 e. The normalized spacial score (nSPS) is 13.1. The summed E-state index contributed by atoms with van der Waals surface area (Å²) in [6.45, 7) is 0.0820. The van der Waals surface area contributed by atoms with Gasteiger partial charge in [-0.25, -0.2) is 4.79 Å². The fourth-order valence-corrected chi connectivity index (χ4v) is 3.02. The molecule has 10 nitrogen and oxygen atoms in total. The smallest absolute Gasteiger partial charge is 0.342 e. The number of esters is 1. The number of ether oxygens (including phenoxy) is 2. The van der Waals surface area contributed by atoms with Gasteiger partial charge in [0.1, 0.15) is 11.3 Å². The first-order chi connectivity index (χ1) is 14.4. The monoisotopic (exact) mass is 413 g/mol. The van der Waals surface area contributed by atoms with Crippen molar-refractivity contribution in [2.45, 2.75) is 12.8 Å². The quantitative estimate of drug-likeness (QED) is 0.420. The van der Waals surface area contributed by atoms with Gasteiger partial charge in [0.15, 0.2) is 6.61 Å². The zero-order valence-electron chi connectivity index (χ0n) is 16.1. The van der Waals surface area contributed by atoms with Gasteiger partial charge in [-0.2, -0.15) is 0 Å². The molecule has 0 spiro atoms. The third-order valence-corrected chi connectivity index (χ3v) is 4.48. The first-order valence-corrected chi connectivity index (χ1v) is 9.09. The van der Waals surface area contributed by atoms with E-state index in [1.165, 1.54) is 19.2 Å². The van der Waals surface area contributed by atoms with Crippen LogP contribution >= 0.6 is 0 Å². The second-order valence-electron chi connectivity index (χ2n) is 6.46. The number of methoxy groups -OCH3 is 1. The van der Waals surface area contributed by atoms with Crippen molar-refractivity contribution < 1.29 is 28.8 Å². The van der Waals surface area contributed by atoms with Crippen molar-refractivity contribution in [1.82, 2.24) is 0 Å². The molecule has 156 valence electrons. The number of amides is 2. The number of hydrogen-bond donors (Lipinski definition) is 1. The van der Waals surface area contributed by atoms with E-state index >= 15 is 0 Å². The minimum atomic E-state index is -0.923. The third kappa shape index (κ3) is 4.72. The lowest BCUT2D eigenvalue weighted by Gasteiger charge is -2.16. The van der Waals surface area contributed by atoms with E-state index in [0.717, 1.165) is 18.2 Å². The molecule has 2 aromatic rings. The summed E-state index contributed by atoms with van der Waals surface area (Å²) in [5.74, 6) is -1.35. The molecule has 1 N–H and O–H groups in total. The zero-order chi connectivity index (χ0) is 21.7. The molecule has 0 bridgehead atoms. The number of benzene rings is 2. The Bertz CT molecular complexity index is 988. The van der Waals surface area contributed by atoms with Gasteiger partial charge < -0.3 is 19.7 Å². The highest BCUT2D eigenvalue weighted by atomic mass is 16.6. The zero-order valence-corrected chi connectivity index (χ0v) is 16.1. The van der Waals surface area contributed by atoms with Crippen molar-refractivity contribution in [3.05, 3.63) is 58.1 Å². The second-order valence-corrected chi connectivity index (χ2v) is 6.46. The van der Waals surface area contributed by atoms with Crippen LogP contribution in [0.25, 0.3) is 0 Å². The first-order valence-electron chi connectivity index (χ1n) is 9.09. The van der Waals surface area contributed by atoms with E-state index in [4.69, 9.17) is 9.47 Å². The number of nitrogens with one attached hydrogen (secondary N) is 1. The molecule has 0 radical (unpaired) electrons. The van der Waals surface area contributed by atoms with Crippen LogP contribution in [-0.4, -0.2) is 43.0 Å². The van der Waals surface area contributed by atoms with E-state index in [-0.39, 0.29) is 22.9 Å². The van der Waals surface area contributed by atoms with Crippen molar-refractivity contribution in [1.29, 1.82) is 0 Å². The highest BCUT2D eigenvalue weighted by Gasteiger charge is 2.22. The number of nitro groups is 1. The lowest BCUT2D eigenvalue weighted by atomic mass is 10.2. The summed E-state index contributed by atoms with van der Waals surface area (Å²) in [4.78, 5) is 48.0. The Labute approximate surface area is 171 Å². The van der Waals surface area contributed by atoms with Gasteiger partial charge in [-0.1, -0.05) is 0 Å². The molecular formula is C20H19N3O7. The fraction of sp³-hybridized carbons (Fsp3) is 0.250. The molecule has 1 aliphatic heterocycles. The summed E-state index contributed by atoms with van der Waals surface area (Å²) in [6.07, 6.45) is 1.34. The first kappa shape index (κ1) is 20.8. The van der Waals surface area contributed by atoms with Crippen LogP contribution in [0.2, 0.25) is 0 Å². The van der Waals surface area contributed by atoms with E-state index in [9.17, 15) is 24.5 Å². The average Bonchev–Trinajstić information content (AvgIpc) is 3.17. The minimum Gasteiger partial charge on any atom is -0.496 e. The maximum Gasteiger partial charge on any atom is 0.342 e. The Hall–Kier alpha value is -3.95. The number of nitro benzene ring substituents is 1. The summed E-state index contributed by atoms with van der Waals surface area (Å²) in [6, 6.07) is 10.2. The van der Waals surface area contributed by atoms with Gasteiger partial charge in [0.2, 0.25) is 5.91 Å². The lowest BCUT2D eigenvalue weighted by Crippen LogP contribution is -2.24. The van der Waals surface area contributed by atoms with Crippen LogP contribution in [0.4, 0.5) is 17.1 Å². The van der Waals surface area contributed by atoms with Crippen LogP contribution in [0.5, 0.6) is 5.75 Å². The molecular weight excluding hydrogens is 394 g/mol. The maximum absolute atomic E-state index is 12.2. The number of rotatable bonds is 7. The van der Waals surface area contributed by atoms with E-state index in [2.05, 4.69) is 5.32 Å². The molecule has 10 heteroatoms. The van der Waals surface area contributed by atoms with Gasteiger partial charge in [-0.3, -0.25) is 19.7 Å². The van der Waals surface area contributed by atoms with Crippen molar-refractivity contribution in [3.63, 3.8) is 0 Å². The Balaban J connectivity index is 1.58. The van der Waals surface area contributed by atoms with Crippen LogP contribution in [0, 0.1) is 10.1 Å². The Kier molecular flexibility index (Phi) is 6.26. The van der Waals surface area contributed by atoms with E-state index in [0.29, 0.717) is 18.7 Å². The minimum absolute atomic E-state index is 0.0651. The summed E-state index contributed by atoms with van der Waals surface area (Å²) in [5.41, 5.74) is 0.766. The van der Waals surface area contributed by atoms with Crippen LogP contribution < -0.4 is 15.0 Å². The number of nitrogens with zero attached hydrogens (tertiary/aromatic N) is 2. The number of carbonyl (C=O) groups is 3. The van der Waals surface area contributed by atoms with Crippen LogP contribution in [-0.2, 0) is 14.3 Å². The molecule has 2 aromatic carbocycles. The molecule has 2 amide bonds. The number of non-ortho nitro benzene ring substituents is 1. The predicted molar refractivity (Wildman–Crippen MR) is 107 cm³/mol. The van der Waals surface area contributed by atoms with Gasteiger partial charge in [0, 0.05) is 36.5 Å². The summed E-state index contributed by atoms with van der Waals surface area (Å²) in [7, 11) is 1.31. The number of anilines is 2. The van der Waals surface area contributed by atoms with Crippen LogP contribution in [0.3, 0.4) is 0 Å². The molecule has 0 aromatic heterocycles. The van der Waals surface area contributed by atoms with Crippen molar-refractivity contribution in [2.75, 3.05) is 30.5 Å². The van der Waals surface area contributed by atoms with Crippen molar-refractivity contribution >= 4 is 34.8 Å². The maximum atomic E-state index is 12.2. The van der Waals surface area contributed by atoms with Crippen molar-refractivity contribution in [3.8, 4) is 5.75 Å². The number of carbonyl (C=O) groups excluding carboxylic acids is 3. The van der Waals surface area contributed by atoms with Crippen LogP contribution in [0.1, 0.15) is 23.2 Å². The molecule has 0 saturated carbocycles. The average molecular weight is 413 g/mol. The molecule has 3 rings (SSSR count). The third-order valence-electron chi connectivity index (χ3n) is 4.48. The molecule has 1 aliphatic rings. The second kappa shape index (κ2) is 9.03. The van der Waals surface area contributed by atoms with Crippen LogP contribution in [0.15, 0.2) is 42.5 Å². The predicted octanol–water partition coefficient (Wildman–Crippen LogP) is 2.53. The summed E-state index contributed by atoms with van der Waals surface area (Å²) in [5, 5.41) is 13.5. The fourth-order valence-electron chi connectivity index (χ4n) is 3.02. The Morgan fingerprint density at radius 3 is 2.53 bits per heavy atom. The van der Waals surface area contributed by atoms with Crippen molar-refractivity contribution in [2.24, 2.45) is 0 Å². The molecule has 1 heterocycles. The highest BCUT2D eigenvalue weighted by molar-refractivity contribution is 5.98. The molecule has 0 unspecified atom stereocenters. The van der Waals surface area contributed by atoms with Gasteiger partial charge in [-0.05, 0) is 36.8 Å². The summed E-state index contributed by atoms with van der Waals surface area (Å²) >= 11 is 0. The van der Waals surface area contributed by atoms with Gasteiger partial charge >= 0.3 is 5.97 Å². The topological polar surface area (TPSA) is 128 Å². The SMILES string of the molecule is COc1ccc([N+](=O)[O-])cc1C(=O)OCC(=O)Nc1ccc(N2CCCC2=O)cc1. The molecule has 0 aliphatic carbocycles. The Morgan fingerprint density at radius 1 is 1.20 bits per heavy atom. The summed E-state index contributed by atoms with van der Waals surface area (Å²) < 4.78 is 9.96. The standard InChI is InChI=1S/C20H19N3O7/c1-29-17-9-8-15(23(27)28)11-16(17)20(26)30-12-18(24)21-13-4-6-14(7-5-13)22-10-2-3-19(22)25/h4-9,11H,2-3,10,12H2,1H3,(H,21,24). The molecule has 1 fully saturated rings. The molecule has 0 atom stereocenters. The van der Waals surface area contributed by atoms with Gasteiger partial charge in [0.25, 0.3) is 11.6 Å². The highest BCUT2D eigenvalue weighted by Crippen LogP contribution is 2.25. The van der Waals surface area contributed by atoms with E-state index in [1.54, 1.807) is 29.2 Å². The lowest BCUT2D eigenvalue weighted by molar-refractivity contribution is -0.384. The van der Waals surface area contributed by atoms with E-state index in [1.807, 2.05) is 0 Å². The van der Waals surface area contributed by atoms with Gasteiger partial charge in [-0.15, -0.1) is 0 Å². The van der Waals surface area contributed by atoms with Gasteiger partial charge in [0.05, 0.1) is 12.0 Å². The Morgan fingerprint density at radius 2 is 1.93 bits per heavy atom.